The normalized spacial score (nSPS) is 25.8. The van der Waals surface area contributed by atoms with E-state index in [9.17, 15) is 4.79 Å². The lowest BCUT2D eigenvalue weighted by atomic mass is 9.94. The average molecular weight is 442 g/mol. The Morgan fingerprint density at radius 1 is 1.26 bits per heavy atom. The number of hydrogen-bond acceptors (Lipinski definition) is 6. The number of aromatic nitrogens is 3. The van der Waals surface area contributed by atoms with Crippen LogP contribution in [-0.2, 0) is 4.74 Å². The molecule has 8 heteroatoms. The SMILES string of the molecule is CC1=Nc2c(c(=O)[nH]n2[C@H]2CCOC(C)(C)C2)[C@H](c2cccnc2N2CCCCC2)S1. The molecule has 7 nitrogen and oxygen atoms in total. The highest BCUT2D eigenvalue weighted by molar-refractivity contribution is 8.14. The second-order valence-electron chi connectivity index (χ2n) is 9.40. The number of anilines is 1. The number of ether oxygens (including phenoxy) is 1. The summed E-state index contributed by atoms with van der Waals surface area (Å²) >= 11 is 1.66. The van der Waals surface area contributed by atoms with Crippen LogP contribution in [0.2, 0.25) is 0 Å². The number of pyridine rings is 1. The predicted molar refractivity (Wildman–Crippen MR) is 126 cm³/mol. The first-order valence-electron chi connectivity index (χ1n) is 11.3. The Labute approximate surface area is 187 Å². The van der Waals surface area contributed by atoms with E-state index in [1.165, 1.54) is 19.3 Å². The molecule has 0 radical (unpaired) electrons. The maximum absolute atomic E-state index is 13.2. The fourth-order valence-corrected chi connectivity index (χ4v) is 6.22. The van der Waals surface area contributed by atoms with Crippen LogP contribution in [0.1, 0.15) is 75.3 Å². The summed E-state index contributed by atoms with van der Waals surface area (Å²) in [6.45, 7) is 9.00. The van der Waals surface area contributed by atoms with Crippen LogP contribution in [0.5, 0.6) is 0 Å². The zero-order valence-corrected chi connectivity index (χ0v) is 19.4. The van der Waals surface area contributed by atoms with Crippen LogP contribution in [0.4, 0.5) is 11.6 Å². The number of thioether (sulfide) groups is 1. The predicted octanol–water partition coefficient (Wildman–Crippen LogP) is 4.58. The molecular weight excluding hydrogens is 410 g/mol. The topological polar surface area (TPSA) is 75.5 Å². The summed E-state index contributed by atoms with van der Waals surface area (Å²) in [4.78, 5) is 25.2. The van der Waals surface area contributed by atoms with Crippen LogP contribution in [-0.4, -0.2) is 45.1 Å². The van der Waals surface area contributed by atoms with E-state index in [1.807, 2.05) is 23.9 Å². The number of fused-ring (bicyclic) bond motifs is 1. The summed E-state index contributed by atoms with van der Waals surface area (Å²) in [5.41, 5.74) is 1.62. The highest BCUT2D eigenvalue weighted by Gasteiger charge is 2.37. The minimum Gasteiger partial charge on any atom is -0.375 e. The van der Waals surface area contributed by atoms with Crippen LogP contribution in [0.25, 0.3) is 0 Å². The third-order valence-corrected chi connectivity index (χ3v) is 7.70. The van der Waals surface area contributed by atoms with Crippen LogP contribution >= 0.6 is 11.8 Å². The maximum atomic E-state index is 13.2. The van der Waals surface area contributed by atoms with Crippen LogP contribution < -0.4 is 10.5 Å². The van der Waals surface area contributed by atoms with E-state index in [2.05, 4.69) is 29.9 Å². The van der Waals surface area contributed by atoms with E-state index < -0.39 is 0 Å². The Kier molecular flexibility index (Phi) is 5.46. The fourth-order valence-electron chi connectivity index (χ4n) is 5.10. The molecule has 1 N–H and O–H groups in total. The van der Waals surface area contributed by atoms with E-state index in [1.54, 1.807) is 11.8 Å². The van der Waals surface area contributed by atoms with Crippen molar-refractivity contribution in [3.8, 4) is 0 Å². The first-order chi connectivity index (χ1) is 14.9. The van der Waals surface area contributed by atoms with Gasteiger partial charge in [0.2, 0.25) is 0 Å². The van der Waals surface area contributed by atoms with Crippen LogP contribution in [0.3, 0.4) is 0 Å². The zero-order valence-electron chi connectivity index (χ0n) is 18.6. The second-order valence-corrected chi connectivity index (χ2v) is 10.7. The summed E-state index contributed by atoms with van der Waals surface area (Å²) in [5, 5.41) is 4.01. The highest BCUT2D eigenvalue weighted by Crippen LogP contribution is 2.47. The fraction of sp³-hybridized carbons (Fsp3) is 0.609. The summed E-state index contributed by atoms with van der Waals surface area (Å²) in [7, 11) is 0. The molecule has 3 aliphatic heterocycles. The molecule has 2 saturated heterocycles. The van der Waals surface area contributed by atoms with Gasteiger partial charge in [0.1, 0.15) is 5.82 Å². The number of piperidine rings is 1. The second kappa shape index (κ2) is 8.13. The molecule has 2 aromatic rings. The third-order valence-electron chi connectivity index (χ3n) is 6.54. The number of aliphatic imine (C=N–C) groups is 1. The quantitative estimate of drug-likeness (QED) is 0.755. The highest BCUT2D eigenvalue weighted by atomic mass is 32.2. The molecule has 0 bridgehead atoms. The molecule has 0 aromatic carbocycles. The van der Waals surface area contributed by atoms with E-state index >= 15 is 0 Å². The Bertz CT molecular complexity index is 1050. The van der Waals surface area contributed by atoms with Gasteiger partial charge in [0.25, 0.3) is 5.56 Å². The molecule has 0 amide bonds. The minimum absolute atomic E-state index is 0.0403. The molecule has 0 aliphatic carbocycles. The van der Waals surface area contributed by atoms with Crippen molar-refractivity contribution in [1.82, 2.24) is 14.8 Å². The smallest absolute Gasteiger partial charge is 0.271 e. The summed E-state index contributed by atoms with van der Waals surface area (Å²) < 4.78 is 7.91. The summed E-state index contributed by atoms with van der Waals surface area (Å²) in [6.07, 6.45) is 7.24. The first-order valence-corrected chi connectivity index (χ1v) is 12.2. The van der Waals surface area contributed by atoms with Crippen molar-refractivity contribution in [2.24, 2.45) is 4.99 Å². The van der Waals surface area contributed by atoms with Crippen LogP contribution in [0.15, 0.2) is 28.1 Å². The number of nitrogens with zero attached hydrogens (tertiary/aromatic N) is 4. The first kappa shape index (κ1) is 20.8. The summed E-state index contributed by atoms with van der Waals surface area (Å²) in [5.74, 6) is 1.79. The molecule has 0 saturated carbocycles. The van der Waals surface area contributed by atoms with Crippen molar-refractivity contribution in [1.29, 1.82) is 0 Å². The van der Waals surface area contributed by atoms with Gasteiger partial charge in [-0.2, -0.15) is 0 Å². The molecule has 5 rings (SSSR count). The number of hydrogen-bond donors (Lipinski definition) is 1. The molecule has 3 aliphatic rings. The van der Waals surface area contributed by atoms with E-state index in [-0.39, 0.29) is 22.5 Å². The van der Waals surface area contributed by atoms with Gasteiger partial charge in [0, 0.05) is 31.5 Å². The lowest BCUT2D eigenvalue weighted by Crippen LogP contribution is -2.35. The average Bonchev–Trinajstić information content (AvgIpc) is 3.09. The van der Waals surface area contributed by atoms with Crippen molar-refractivity contribution in [3.63, 3.8) is 0 Å². The van der Waals surface area contributed by atoms with E-state index in [4.69, 9.17) is 14.7 Å². The molecular formula is C23H31N5O2S. The van der Waals surface area contributed by atoms with Crippen LogP contribution in [0, 0.1) is 0 Å². The Morgan fingerprint density at radius 3 is 2.84 bits per heavy atom. The Hall–Kier alpha value is -2.06. The van der Waals surface area contributed by atoms with Gasteiger partial charge >= 0.3 is 0 Å². The molecule has 2 fully saturated rings. The monoisotopic (exact) mass is 441 g/mol. The zero-order chi connectivity index (χ0) is 21.6. The van der Waals surface area contributed by atoms with Gasteiger partial charge in [0.15, 0.2) is 5.82 Å². The Balaban J connectivity index is 1.58. The number of nitrogens with one attached hydrogen (secondary N) is 1. The maximum Gasteiger partial charge on any atom is 0.271 e. The summed E-state index contributed by atoms with van der Waals surface area (Å²) in [6, 6.07) is 4.29. The van der Waals surface area contributed by atoms with Gasteiger partial charge < -0.3 is 9.64 Å². The lowest BCUT2D eigenvalue weighted by Gasteiger charge is -2.36. The van der Waals surface area contributed by atoms with Gasteiger partial charge in [-0.3, -0.25) is 14.6 Å². The Morgan fingerprint density at radius 2 is 2.06 bits per heavy atom. The van der Waals surface area contributed by atoms with Crippen molar-refractivity contribution in [2.75, 3.05) is 24.6 Å². The number of aromatic amines is 1. The molecule has 31 heavy (non-hydrogen) atoms. The van der Waals surface area contributed by atoms with Crippen molar-refractivity contribution < 1.29 is 4.74 Å². The molecule has 2 aromatic heterocycles. The van der Waals surface area contributed by atoms with E-state index in [0.29, 0.717) is 6.61 Å². The van der Waals surface area contributed by atoms with Gasteiger partial charge in [-0.15, -0.1) is 0 Å². The van der Waals surface area contributed by atoms with Crippen molar-refractivity contribution in [3.05, 3.63) is 39.8 Å². The van der Waals surface area contributed by atoms with Gasteiger partial charge in [0.05, 0.1) is 27.5 Å². The lowest BCUT2D eigenvalue weighted by molar-refractivity contribution is -0.0705. The minimum atomic E-state index is -0.205. The standard InChI is InChI=1S/C23H31N5O2S/c1-15-25-21-18(22(29)26-28(21)16-9-13-30-23(2,3)14-16)19(31-15)17-8-7-10-24-20(17)27-11-5-4-6-12-27/h7-8,10,16,19H,4-6,9,11-14H2,1-3H3,(H,26,29)/t16-,19-/m0/s1. The van der Waals surface area contributed by atoms with Gasteiger partial charge in [-0.1, -0.05) is 17.8 Å². The van der Waals surface area contributed by atoms with Gasteiger partial charge in [-0.25, -0.2) is 9.98 Å². The molecule has 0 unspecified atom stereocenters. The number of rotatable bonds is 3. The van der Waals surface area contributed by atoms with E-state index in [0.717, 1.165) is 53.7 Å². The molecule has 0 spiro atoms. The molecule has 2 atom stereocenters. The van der Waals surface area contributed by atoms with Gasteiger partial charge in [-0.05, 0) is 58.9 Å². The number of H-pyrrole nitrogens is 1. The largest absolute Gasteiger partial charge is 0.375 e. The molecule has 5 heterocycles. The molecule has 166 valence electrons. The van der Waals surface area contributed by atoms with Crippen molar-refractivity contribution in [2.45, 2.75) is 69.8 Å². The third kappa shape index (κ3) is 3.96. The van der Waals surface area contributed by atoms with Crippen molar-refractivity contribution >= 4 is 28.4 Å².